The van der Waals surface area contributed by atoms with Crippen LogP contribution in [0.1, 0.15) is 10.4 Å². The normalized spacial score (nSPS) is 10.3. The van der Waals surface area contributed by atoms with Gasteiger partial charge in [0.15, 0.2) is 0 Å². The van der Waals surface area contributed by atoms with Crippen LogP contribution in [-0.2, 0) is 14.2 Å². The van der Waals surface area contributed by atoms with E-state index in [9.17, 15) is 4.79 Å². The Bertz CT molecular complexity index is 429. The van der Waals surface area contributed by atoms with Gasteiger partial charge in [0.05, 0.1) is 37.3 Å². The zero-order chi connectivity index (χ0) is 15.0. The van der Waals surface area contributed by atoms with Crippen molar-refractivity contribution in [1.29, 1.82) is 0 Å². The van der Waals surface area contributed by atoms with E-state index in [1.54, 1.807) is 26.4 Å². The molecule has 0 unspecified atom stereocenters. The fourth-order valence-corrected chi connectivity index (χ4v) is 1.84. The van der Waals surface area contributed by atoms with Crippen molar-refractivity contribution in [2.75, 3.05) is 58.3 Å². The standard InChI is InChI=1S/C14H22N2O4/c1-18-8-6-16(7-9-19-2)13-5-4-11(10-12(13)15)14(17)20-3/h4-5,10H,6-9,15H2,1-3H3. The number of methoxy groups -OCH3 is 3. The molecule has 1 aromatic rings. The maximum Gasteiger partial charge on any atom is 0.337 e. The van der Waals surface area contributed by atoms with E-state index in [0.717, 1.165) is 5.69 Å². The summed E-state index contributed by atoms with van der Waals surface area (Å²) in [4.78, 5) is 13.5. The molecule has 0 atom stereocenters. The second-order valence-corrected chi connectivity index (χ2v) is 4.24. The van der Waals surface area contributed by atoms with Crippen LogP contribution in [-0.4, -0.2) is 53.6 Å². The van der Waals surface area contributed by atoms with E-state index in [4.69, 9.17) is 15.2 Å². The molecule has 112 valence electrons. The minimum Gasteiger partial charge on any atom is -0.465 e. The van der Waals surface area contributed by atoms with Gasteiger partial charge in [-0.2, -0.15) is 0 Å². The van der Waals surface area contributed by atoms with E-state index in [0.29, 0.717) is 37.6 Å². The Hall–Kier alpha value is -1.79. The second-order valence-electron chi connectivity index (χ2n) is 4.24. The Morgan fingerprint density at radius 1 is 1.15 bits per heavy atom. The van der Waals surface area contributed by atoms with Crippen molar-refractivity contribution in [2.24, 2.45) is 0 Å². The lowest BCUT2D eigenvalue weighted by atomic mass is 10.1. The van der Waals surface area contributed by atoms with Crippen molar-refractivity contribution in [3.05, 3.63) is 23.8 Å². The summed E-state index contributed by atoms with van der Waals surface area (Å²) in [6.45, 7) is 2.56. The molecule has 0 aliphatic carbocycles. The molecule has 20 heavy (non-hydrogen) atoms. The zero-order valence-corrected chi connectivity index (χ0v) is 12.2. The highest BCUT2D eigenvalue weighted by Crippen LogP contribution is 2.24. The van der Waals surface area contributed by atoms with Gasteiger partial charge in [0.25, 0.3) is 0 Å². The van der Waals surface area contributed by atoms with Crippen LogP contribution in [0, 0.1) is 0 Å². The highest BCUT2D eigenvalue weighted by atomic mass is 16.5. The Morgan fingerprint density at radius 3 is 2.20 bits per heavy atom. The lowest BCUT2D eigenvalue weighted by Gasteiger charge is -2.25. The topological polar surface area (TPSA) is 74.0 Å². The Morgan fingerprint density at radius 2 is 1.75 bits per heavy atom. The summed E-state index contributed by atoms with van der Waals surface area (Å²) in [6.07, 6.45) is 0. The number of ether oxygens (including phenoxy) is 3. The molecule has 0 saturated carbocycles. The van der Waals surface area contributed by atoms with Crippen LogP contribution in [0.25, 0.3) is 0 Å². The lowest BCUT2D eigenvalue weighted by molar-refractivity contribution is 0.0601. The Kier molecular flexibility index (Phi) is 6.83. The van der Waals surface area contributed by atoms with Crippen LogP contribution in [0.5, 0.6) is 0 Å². The molecular formula is C14H22N2O4. The first-order valence-electron chi connectivity index (χ1n) is 6.34. The van der Waals surface area contributed by atoms with E-state index in [-0.39, 0.29) is 0 Å². The molecule has 0 aromatic heterocycles. The minimum absolute atomic E-state index is 0.399. The summed E-state index contributed by atoms with van der Waals surface area (Å²) in [5.74, 6) is -0.399. The first kappa shape index (κ1) is 16.3. The fraction of sp³-hybridized carbons (Fsp3) is 0.500. The van der Waals surface area contributed by atoms with Gasteiger partial charge in [-0.3, -0.25) is 0 Å². The number of carbonyl (C=O) groups is 1. The van der Waals surface area contributed by atoms with Gasteiger partial charge in [-0.05, 0) is 18.2 Å². The van der Waals surface area contributed by atoms with Gasteiger partial charge in [0, 0.05) is 27.3 Å². The maximum absolute atomic E-state index is 11.5. The first-order chi connectivity index (χ1) is 9.63. The van der Waals surface area contributed by atoms with Gasteiger partial charge in [-0.25, -0.2) is 4.79 Å². The van der Waals surface area contributed by atoms with E-state index in [1.165, 1.54) is 7.11 Å². The highest BCUT2D eigenvalue weighted by Gasteiger charge is 2.13. The second kappa shape index (κ2) is 8.39. The molecule has 2 N–H and O–H groups in total. The van der Waals surface area contributed by atoms with Gasteiger partial charge in [-0.1, -0.05) is 0 Å². The third kappa shape index (κ3) is 4.40. The molecule has 0 aliphatic heterocycles. The number of carbonyl (C=O) groups excluding carboxylic acids is 1. The van der Waals surface area contributed by atoms with Crippen LogP contribution < -0.4 is 10.6 Å². The van der Waals surface area contributed by atoms with Gasteiger partial charge in [-0.15, -0.1) is 0 Å². The van der Waals surface area contributed by atoms with E-state index in [2.05, 4.69) is 9.64 Å². The number of hydrogen-bond acceptors (Lipinski definition) is 6. The van der Waals surface area contributed by atoms with Crippen LogP contribution >= 0.6 is 0 Å². The van der Waals surface area contributed by atoms with E-state index in [1.807, 2.05) is 6.07 Å². The molecule has 0 amide bonds. The Labute approximate surface area is 119 Å². The molecule has 0 bridgehead atoms. The summed E-state index contributed by atoms with van der Waals surface area (Å²) in [5.41, 5.74) is 7.85. The summed E-state index contributed by atoms with van der Waals surface area (Å²) in [6, 6.07) is 5.13. The number of benzene rings is 1. The molecule has 1 rings (SSSR count). The predicted molar refractivity (Wildman–Crippen MR) is 78.2 cm³/mol. The summed E-state index contributed by atoms with van der Waals surface area (Å²) in [5, 5.41) is 0. The molecule has 6 nitrogen and oxygen atoms in total. The number of esters is 1. The van der Waals surface area contributed by atoms with Gasteiger partial charge in [0.1, 0.15) is 0 Å². The highest BCUT2D eigenvalue weighted by molar-refractivity contribution is 5.91. The van der Waals surface area contributed by atoms with Gasteiger partial charge in [0.2, 0.25) is 0 Å². The lowest BCUT2D eigenvalue weighted by Crippen LogP contribution is -2.31. The molecule has 0 radical (unpaired) electrons. The average Bonchev–Trinajstić information content (AvgIpc) is 2.47. The number of nitrogen functional groups attached to an aromatic ring is 1. The van der Waals surface area contributed by atoms with Crippen LogP contribution in [0.2, 0.25) is 0 Å². The molecule has 0 spiro atoms. The van der Waals surface area contributed by atoms with Gasteiger partial charge >= 0.3 is 5.97 Å². The monoisotopic (exact) mass is 282 g/mol. The van der Waals surface area contributed by atoms with Gasteiger partial charge < -0.3 is 24.8 Å². The van der Waals surface area contributed by atoms with E-state index >= 15 is 0 Å². The average molecular weight is 282 g/mol. The zero-order valence-electron chi connectivity index (χ0n) is 12.2. The largest absolute Gasteiger partial charge is 0.465 e. The fourth-order valence-electron chi connectivity index (χ4n) is 1.84. The van der Waals surface area contributed by atoms with Crippen LogP contribution in [0.4, 0.5) is 11.4 Å². The van der Waals surface area contributed by atoms with Crippen molar-refractivity contribution >= 4 is 17.3 Å². The molecule has 1 aromatic carbocycles. The third-order valence-electron chi connectivity index (χ3n) is 2.92. The van der Waals surface area contributed by atoms with E-state index < -0.39 is 5.97 Å². The first-order valence-corrected chi connectivity index (χ1v) is 6.34. The number of nitrogens with two attached hydrogens (primary N) is 1. The molecule has 6 heteroatoms. The molecule has 0 fully saturated rings. The molecule has 0 saturated heterocycles. The minimum atomic E-state index is -0.399. The van der Waals surface area contributed by atoms with Crippen molar-refractivity contribution in [2.45, 2.75) is 0 Å². The predicted octanol–water partition coefficient (Wildman–Crippen LogP) is 1.15. The third-order valence-corrected chi connectivity index (χ3v) is 2.92. The number of nitrogens with zero attached hydrogens (tertiary/aromatic N) is 1. The molecule has 0 heterocycles. The van der Waals surface area contributed by atoms with Crippen molar-refractivity contribution < 1.29 is 19.0 Å². The van der Waals surface area contributed by atoms with Crippen LogP contribution in [0.3, 0.4) is 0 Å². The smallest absolute Gasteiger partial charge is 0.337 e. The SMILES string of the molecule is COCCN(CCOC)c1ccc(C(=O)OC)cc1N. The van der Waals surface area contributed by atoms with Crippen molar-refractivity contribution in [3.63, 3.8) is 0 Å². The quantitative estimate of drug-likeness (QED) is 0.569. The molecular weight excluding hydrogens is 260 g/mol. The molecule has 0 aliphatic rings. The summed E-state index contributed by atoms with van der Waals surface area (Å²) < 4.78 is 14.9. The van der Waals surface area contributed by atoms with Crippen molar-refractivity contribution in [3.8, 4) is 0 Å². The Balaban J connectivity index is 2.91. The van der Waals surface area contributed by atoms with Crippen molar-refractivity contribution in [1.82, 2.24) is 0 Å². The number of hydrogen-bond donors (Lipinski definition) is 1. The summed E-state index contributed by atoms with van der Waals surface area (Å²) >= 11 is 0. The number of anilines is 2. The maximum atomic E-state index is 11.5. The number of rotatable bonds is 8. The summed E-state index contributed by atoms with van der Waals surface area (Å²) in [7, 11) is 4.65. The van der Waals surface area contributed by atoms with Crippen LogP contribution in [0.15, 0.2) is 18.2 Å².